The molecule has 1 unspecified atom stereocenters. The zero-order chi connectivity index (χ0) is 19.9. The molecule has 0 spiro atoms. The summed E-state index contributed by atoms with van der Waals surface area (Å²) in [6.45, 7) is 4.73. The van der Waals surface area contributed by atoms with E-state index in [9.17, 15) is 4.79 Å². The number of nitrogens with zero attached hydrogens (tertiary/aromatic N) is 2. The van der Waals surface area contributed by atoms with Gasteiger partial charge in [-0.1, -0.05) is 48.0 Å². The molecule has 1 atom stereocenters. The molecule has 0 fully saturated rings. The Morgan fingerprint density at radius 2 is 1.86 bits per heavy atom. The first kappa shape index (κ1) is 19.7. The van der Waals surface area contributed by atoms with Gasteiger partial charge in [0.15, 0.2) is 11.7 Å². The number of nitrogens with one attached hydrogen (secondary N) is 1. The number of para-hydroxylation sites is 1. The summed E-state index contributed by atoms with van der Waals surface area (Å²) >= 11 is 0. The molecule has 5 nitrogen and oxygen atoms in total. The minimum Gasteiger partial charge on any atom is -0.441 e. The molecular weight excluding hydrogens is 350 g/mol. The molecule has 3 rings (SSSR count). The number of hydrogen-bond acceptors (Lipinski definition) is 4. The molecule has 0 radical (unpaired) electrons. The molecule has 1 heterocycles. The largest absolute Gasteiger partial charge is 0.441 e. The number of amides is 1. The summed E-state index contributed by atoms with van der Waals surface area (Å²) < 4.78 is 5.78. The van der Waals surface area contributed by atoms with Crippen LogP contribution in [-0.4, -0.2) is 30.5 Å². The SMILES string of the molecule is Cc1ccc(-c2cnc(CCC(=O)NCC(C)N(C)c3ccccc3)o2)cc1. The van der Waals surface area contributed by atoms with Crippen molar-refractivity contribution in [2.45, 2.75) is 32.7 Å². The maximum atomic E-state index is 12.2. The van der Waals surface area contributed by atoms with E-state index < -0.39 is 0 Å². The summed E-state index contributed by atoms with van der Waals surface area (Å²) in [6.07, 6.45) is 2.56. The van der Waals surface area contributed by atoms with Crippen molar-refractivity contribution in [3.63, 3.8) is 0 Å². The van der Waals surface area contributed by atoms with Crippen molar-refractivity contribution in [3.8, 4) is 11.3 Å². The molecule has 0 bridgehead atoms. The van der Waals surface area contributed by atoms with Gasteiger partial charge in [0.05, 0.1) is 6.20 Å². The van der Waals surface area contributed by atoms with Crippen LogP contribution in [0.4, 0.5) is 5.69 Å². The summed E-state index contributed by atoms with van der Waals surface area (Å²) in [5.41, 5.74) is 3.33. The molecule has 1 amide bonds. The lowest BCUT2D eigenvalue weighted by Gasteiger charge is -2.27. The first-order valence-electron chi connectivity index (χ1n) is 9.59. The van der Waals surface area contributed by atoms with Crippen LogP contribution in [0, 0.1) is 6.92 Å². The molecular formula is C23H27N3O2. The number of oxazole rings is 1. The van der Waals surface area contributed by atoms with Gasteiger partial charge in [0.1, 0.15) is 0 Å². The highest BCUT2D eigenvalue weighted by Crippen LogP contribution is 2.21. The Hall–Kier alpha value is -3.08. The number of hydrogen-bond donors (Lipinski definition) is 1. The number of carbonyl (C=O) groups excluding carboxylic acids is 1. The van der Waals surface area contributed by atoms with E-state index >= 15 is 0 Å². The van der Waals surface area contributed by atoms with Gasteiger partial charge in [-0.05, 0) is 26.0 Å². The van der Waals surface area contributed by atoms with Crippen LogP contribution in [0.15, 0.2) is 65.2 Å². The fourth-order valence-electron chi connectivity index (χ4n) is 2.90. The standard InChI is InChI=1S/C23H27N3O2/c1-17-9-11-19(12-10-17)21-16-25-23(28-21)14-13-22(27)24-15-18(2)26(3)20-7-5-4-6-8-20/h4-12,16,18H,13-15H2,1-3H3,(H,24,27). The number of carbonyl (C=O) groups is 1. The maximum Gasteiger partial charge on any atom is 0.220 e. The molecule has 0 aliphatic carbocycles. The minimum atomic E-state index is 0.00315. The van der Waals surface area contributed by atoms with E-state index in [-0.39, 0.29) is 11.9 Å². The molecule has 1 N–H and O–H groups in total. The lowest BCUT2D eigenvalue weighted by Crippen LogP contribution is -2.40. The lowest BCUT2D eigenvalue weighted by molar-refractivity contribution is -0.121. The third-order valence-electron chi connectivity index (χ3n) is 4.87. The highest BCUT2D eigenvalue weighted by molar-refractivity contribution is 5.76. The van der Waals surface area contributed by atoms with Crippen molar-refractivity contribution in [3.05, 3.63) is 72.2 Å². The van der Waals surface area contributed by atoms with Crippen molar-refractivity contribution in [1.82, 2.24) is 10.3 Å². The summed E-state index contributed by atoms with van der Waals surface area (Å²) in [5, 5.41) is 3.00. The van der Waals surface area contributed by atoms with Gasteiger partial charge in [-0.15, -0.1) is 0 Å². The van der Waals surface area contributed by atoms with E-state index in [2.05, 4.69) is 34.3 Å². The minimum absolute atomic E-state index is 0.00315. The zero-order valence-corrected chi connectivity index (χ0v) is 16.7. The van der Waals surface area contributed by atoms with Crippen LogP contribution in [0.25, 0.3) is 11.3 Å². The van der Waals surface area contributed by atoms with Gasteiger partial charge in [0.25, 0.3) is 0 Å². The van der Waals surface area contributed by atoms with Gasteiger partial charge >= 0.3 is 0 Å². The van der Waals surface area contributed by atoms with Crippen LogP contribution in [0.5, 0.6) is 0 Å². The molecule has 1 aromatic heterocycles. The third kappa shape index (κ3) is 5.22. The van der Waals surface area contributed by atoms with Crippen LogP contribution in [0.1, 0.15) is 24.8 Å². The van der Waals surface area contributed by atoms with Gasteiger partial charge < -0.3 is 14.6 Å². The smallest absolute Gasteiger partial charge is 0.220 e. The van der Waals surface area contributed by atoms with Crippen LogP contribution in [0.3, 0.4) is 0 Å². The van der Waals surface area contributed by atoms with Crippen LogP contribution >= 0.6 is 0 Å². The molecule has 0 saturated carbocycles. The fraction of sp³-hybridized carbons (Fsp3) is 0.304. The van der Waals surface area contributed by atoms with Crippen molar-refractivity contribution >= 4 is 11.6 Å². The zero-order valence-electron chi connectivity index (χ0n) is 16.7. The second-order valence-corrected chi connectivity index (χ2v) is 7.08. The molecule has 2 aromatic carbocycles. The third-order valence-corrected chi connectivity index (χ3v) is 4.87. The Morgan fingerprint density at radius 3 is 2.57 bits per heavy atom. The van der Waals surface area contributed by atoms with Crippen molar-refractivity contribution in [2.24, 2.45) is 0 Å². The molecule has 0 aliphatic heterocycles. The number of benzene rings is 2. The maximum absolute atomic E-state index is 12.2. The predicted molar refractivity (Wildman–Crippen MR) is 112 cm³/mol. The second kappa shape index (κ2) is 9.22. The van der Waals surface area contributed by atoms with Gasteiger partial charge in [-0.25, -0.2) is 4.98 Å². The van der Waals surface area contributed by atoms with E-state index in [0.717, 1.165) is 17.0 Å². The first-order chi connectivity index (χ1) is 13.5. The summed E-state index contributed by atoms with van der Waals surface area (Å²) in [5.74, 6) is 1.32. The Bertz CT molecular complexity index is 888. The molecule has 28 heavy (non-hydrogen) atoms. The monoisotopic (exact) mass is 377 g/mol. The Morgan fingerprint density at radius 1 is 1.14 bits per heavy atom. The lowest BCUT2D eigenvalue weighted by atomic mass is 10.1. The predicted octanol–water partition coefficient (Wildman–Crippen LogP) is 4.22. The number of anilines is 1. The quantitative estimate of drug-likeness (QED) is 0.638. The summed E-state index contributed by atoms with van der Waals surface area (Å²) in [7, 11) is 2.03. The van der Waals surface area contributed by atoms with Gasteiger partial charge in [0, 0.05) is 43.7 Å². The van der Waals surface area contributed by atoms with E-state index in [1.54, 1.807) is 6.20 Å². The Labute approximate surface area is 166 Å². The number of rotatable bonds is 8. The first-order valence-corrected chi connectivity index (χ1v) is 9.59. The Kier molecular flexibility index (Phi) is 6.48. The van der Waals surface area contributed by atoms with Crippen LogP contribution in [-0.2, 0) is 11.2 Å². The average Bonchev–Trinajstić information content (AvgIpc) is 3.20. The van der Waals surface area contributed by atoms with Crippen molar-refractivity contribution < 1.29 is 9.21 Å². The summed E-state index contributed by atoms with van der Waals surface area (Å²) in [4.78, 5) is 18.6. The molecule has 146 valence electrons. The molecule has 0 saturated heterocycles. The molecule has 0 aliphatic rings. The second-order valence-electron chi connectivity index (χ2n) is 7.08. The van der Waals surface area contributed by atoms with Crippen LogP contribution in [0.2, 0.25) is 0 Å². The highest BCUT2D eigenvalue weighted by Gasteiger charge is 2.13. The van der Waals surface area contributed by atoms with Gasteiger partial charge in [-0.3, -0.25) is 4.79 Å². The summed E-state index contributed by atoms with van der Waals surface area (Å²) in [6, 6.07) is 18.4. The average molecular weight is 377 g/mol. The highest BCUT2D eigenvalue weighted by atomic mass is 16.4. The van der Waals surface area contributed by atoms with E-state index in [0.29, 0.717) is 25.3 Å². The van der Waals surface area contributed by atoms with Crippen LogP contribution < -0.4 is 10.2 Å². The number of aromatic nitrogens is 1. The number of likely N-dealkylation sites (N-methyl/N-ethyl adjacent to an activating group) is 1. The molecule has 5 heteroatoms. The van der Waals surface area contributed by atoms with Crippen molar-refractivity contribution in [1.29, 1.82) is 0 Å². The number of aryl methyl sites for hydroxylation is 2. The van der Waals surface area contributed by atoms with Gasteiger partial charge in [-0.2, -0.15) is 0 Å². The molecule has 3 aromatic rings. The van der Waals surface area contributed by atoms with E-state index in [1.807, 2.05) is 56.4 Å². The van der Waals surface area contributed by atoms with E-state index in [1.165, 1.54) is 5.56 Å². The fourth-order valence-corrected chi connectivity index (χ4v) is 2.90. The normalized spacial score (nSPS) is 11.8. The van der Waals surface area contributed by atoms with E-state index in [4.69, 9.17) is 4.42 Å². The van der Waals surface area contributed by atoms with Gasteiger partial charge in [0.2, 0.25) is 5.91 Å². The Balaban J connectivity index is 1.45. The topological polar surface area (TPSA) is 58.4 Å². The van der Waals surface area contributed by atoms with Crippen molar-refractivity contribution in [2.75, 3.05) is 18.5 Å².